The number of halogens is 1. The van der Waals surface area contributed by atoms with Crippen LogP contribution in [-0.2, 0) is 21.3 Å². The molecule has 134 valence electrons. The van der Waals surface area contributed by atoms with Crippen LogP contribution in [-0.4, -0.2) is 44.9 Å². The van der Waals surface area contributed by atoms with Crippen molar-refractivity contribution in [2.24, 2.45) is 0 Å². The summed E-state index contributed by atoms with van der Waals surface area (Å²) in [6.45, 7) is 1.41. The molecule has 0 spiro atoms. The first-order chi connectivity index (χ1) is 12.0. The molecule has 9 heteroatoms. The van der Waals surface area contributed by atoms with E-state index in [-0.39, 0.29) is 30.5 Å². The Hall–Kier alpha value is -1.87. The third-order valence-electron chi connectivity index (χ3n) is 3.77. The van der Waals surface area contributed by atoms with E-state index in [4.69, 9.17) is 20.8 Å². The fraction of sp³-hybridized carbons (Fsp3) is 0.312. The lowest BCUT2D eigenvalue weighted by Gasteiger charge is -2.24. The van der Waals surface area contributed by atoms with Crippen LogP contribution in [0.3, 0.4) is 0 Å². The van der Waals surface area contributed by atoms with E-state index in [0.29, 0.717) is 18.2 Å². The van der Waals surface area contributed by atoms with Gasteiger partial charge in [0.05, 0.1) is 13.2 Å². The van der Waals surface area contributed by atoms with Gasteiger partial charge in [-0.1, -0.05) is 29.8 Å². The number of carbonyl (C=O) groups excluding carboxylic acids is 1. The predicted molar refractivity (Wildman–Crippen MR) is 90.9 cm³/mol. The van der Waals surface area contributed by atoms with E-state index in [1.165, 1.54) is 16.4 Å². The lowest BCUT2D eigenvalue weighted by Crippen LogP contribution is -2.40. The van der Waals surface area contributed by atoms with E-state index >= 15 is 0 Å². The van der Waals surface area contributed by atoms with Crippen LogP contribution in [0.1, 0.15) is 16.1 Å². The van der Waals surface area contributed by atoms with Crippen LogP contribution in [0, 0.1) is 0 Å². The topological polar surface area (TPSA) is 88.9 Å². The number of hydrogen-bond acceptors (Lipinski definition) is 5. The molecule has 0 bridgehead atoms. The van der Waals surface area contributed by atoms with E-state index in [1.54, 1.807) is 18.2 Å². The van der Waals surface area contributed by atoms with Crippen molar-refractivity contribution >= 4 is 27.5 Å². The van der Waals surface area contributed by atoms with Gasteiger partial charge in [-0.05, 0) is 23.8 Å². The van der Waals surface area contributed by atoms with Crippen molar-refractivity contribution in [1.29, 1.82) is 0 Å². The Morgan fingerprint density at radius 2 is 1.88 bits per heavy atom. The van der Waals surface area contributed by atoms with Gasteiger partial charge in [-0.2, -0.15) is 4.31 Å². The number of amides is 1. The second kappa shape index (κ2) is 7.57. The predicted octanol–water partition coefficient (Wildman–Crippen LogP) is 1.88. The molecule has 2 heterocycles. The maximum atomic E-state index is 12.5. The normalized spacial score (nSPS) is 15.9. The highest BCUT2D eigenvalue weighted by atomic mass is 35.5. The quantitative estimate of drug-likeness (QED) is 0.850. The number of furan rings is 1. The summed E-state index contributed by atoms with van der Waals surface area (Å²) >= 11 is 6.03. The fourth-order valence-electron chi connectivity index (χ4n) is 2.40. The summed E-state index contributed by atoms with van der Waals surface area (Å²) in [5, 5.41) is 2.94. The summed E-state index contributed by atoms with van der Waals surface area (Å²) in [6.07, 6.45) is 0. The summed E-state index contributed by atoms with van der Waals surface area (Å²) in [6, 6.07) is 9.75. The maximum Gasteiger partial charge on any atom is 0.287 e. The molecule has 25 heavy (non-hydrogen) atoms. The molecule has 1 aromatic carbocycles. The molecule has 2 aromatic rings. The van der Waals surface area contributed by atoms with Gasteiger partial charge in [0.25, 0.3) is 15.9 Å². The van der Waals surface area contributed by atoms with Crippen molar-refractivity contribution in [3.63, 3.8) is 0 Å². The number of carbonyl (C=O) groups is 1. The van der Waals surface area contributed by atoms with Crippen LogP contribution in [0.15, 0.2) is 45.9 Å². The van der Waals surface area contributed by atoms with Gasteiger partial charge in [0.2, 0.25) is 5.09 Å². The maximum absolute atomic E-state index is 12.5. The van der Waals surface area contributed by atoms with E-state index in [9.17, 15) is 13.2 Å². The largest absolute Gasteiger partial charge is 0.438 e. The number of hydrogen-bond donors (Lipinski definition) is 1. The van der Waals surface area contributed by atoms with Crippen LogP contribution in [0.4, 0.5) is 0 Å². The first kappa shape index (κ1) is 17.9. The van der Waals surface area contributed by atoms with Crippen LogP contribution in [0.25, 0.3) is 0 Å². The van der Waals surface area contributed by atoms with Gasteiger partial charge < -0.3 is 14.5 Å². The summed E-state index contributed by atoms with van der Waals surface area (Å²) in [5.41, 5.74) is 0.755. The SMILES string of the molecule is O=C(NCc1ccccc1Cl)c1ccc(S(=O)(=O)N2CCOCC2)o1. The van der Waals surface area contributed by atoms with Crippen LogP contribution >= 0.6 is 11.6 Å². The molecule has 1 N–H and O–H groups in total. The number of benzene rings is 1. The molecule has 0 atom stereocenters. The second-order valence-corrected chi connectivity index (χ2v) is 7.69. The van der Waals surface area contributed by atoms with E-state index in [0.717, 1.165) is 5.56 Å². The molecule has 1 amide bonds. The highest BCUT2D eigenvalue weighted by molar-refractivity contribution is 7.89. The summed E-state index contributed by atoms with van der Waals surface area (Å²) in [5.74, 6) is -0.581. The van der Waals surface area contributed by atoms with E-state index < -0.39 is 15.9 Å². The Kier molecular flexibility index (Phi) is 5.43. The molecule has 0 unspecified atom stereocenters. The van der Waals surface area contributed by atoms with Gasteiger partial charge in [0, 0.05) is 24.7 Å². The van der Waals surface area contributed by atoms with Crippen molar-refractivity contribution in [2.45, 2.75) is 11.6 Å². The molecule has 0 radical (unpaired) electrons. The molecule has 0 aliphatic carbocycles. The van der Waals surface area contributed by atoms with Gasteiger partial charge in [-0.3, -0.25) is 4.79 Å². The highest BCUT2D eigenvalue weighted by Crippen LogP contribution is 2.20. The van der Waals surface area contributed by atoms with Gasteiger partial charge in [-0.15, -0.1) is 0 Å². The summed E-state index contributed by atoms with van der Waals surface area (Å²) in [4.78, 5) is 12.2. The zero-order valence-corrected chi connectivity index (χ0v) is 14.8. The van der Waals surface area contributed by atoms with Crippen molar-refractivity contribution < 1.29 is 22.4 Å². The molecular weight excluding hydrogens is 368 g/mol. The molecule has 1 aliphatic rings. The van der Waals surface area contributed by atoms with Crippen molar-refractivity contribution in [3.8, 4) is 0 Å². The van der Waals surface area contributed by atoms with Gasteiger partial charge in [-0.25, -0.2) is 8.42 Å². The minimum atomic E-state index is -3.76. The molecule has 1 fully saturated rings. The minimum absolute atomic E-state index is 0.0705. The average Bonchev–Trinajstić information content (AvgIpc) is 3.12. The van der Waals surface area contributed by atoms with Crippen LogP contribution < -0.4 is 5.32 Å². The molecule has 1 aliphatic heterocycles. The Morgan fingerprint density at radius 3 is 2.60 bits per heavy atom. The number of morpholine rings is 1. The third kappa shape index (κ3) is 4.04. The molecule has 3 rings (SSSR count). The number of rotatable bonds is 5. The van der Waals surface area contributed by atoms with Gasteiger partial charge >= 0.3 is 0 Å². The Morgan fingerprint density at radius 1 is 1.16 bits per heavy atom. The van der Waals surface area contributed by atoms with Crippen molar-refractivity contribution in [3.05, 3.63) is 52.7 Å². The minimum Gasteiger partial charge on any atom is -0.438 e. The molecule has 7 nitrogen and oxygen atoms in total. The van der Waals surface area contributed by atoms with E-state index in [1.807, 2.05) is 6.07 Å². The zero-order valence-electron chi connectivity index (χ0n) is 13.3. The molecule has 1 aromatic heterocycles. The Labute approximate surface area is 150 Å². The van der Waals surface area contributed by atoms with Crippen LogP contribution in [0.2, 0.25) is 5.02 Å². The number of nitrogens with one attached hydrogen (secondary N) is 1. The Bertz CT molecular complexity index is 859. The number of ether oxygens (including phenoxy) is 1. The monoisotopic (exact) mass is 384 g/mol. The standard InChI is InChI=1S/C16H17ClN2O5S/c17-13-4-2-1-3-12(13)11-18-16(20)14-5-6-15(24-14)25(21,22)19-7-9-23-10-8-19/h1-6H,7-11H2,(H,18,20). The van der Waals surface area contributed by atoms with Crippen molar-refractivity contribution in [2.75, 3.05) is 26.3 Å². The van der Waals surface area contributed by atoms with Crippen molar-refractivity contribution in [1.82, 2.24) is 9.62 Å². The summed E-state index contributed by atoms with van der Waals surface area (Å²) < 4.78 is 36.6. The number of nitrogens with zero attached hydrogens (tertiary/aromatic N) is 1. The lowest BCUT2D eigenvalue weighted by atomic mass is 10.2. The van der Waals surface area contributed by atoms with Gasteiger partial charge in [0.15, 0.2) is 5.76 Å². The zero-order chi connectivity index (χ0) is 17.9. The van der Waals surface area contributed by atoms with E-state index in [2.05, 4.69) is 5.32 Å². The molecule has 0 saturated carbocycles. The first-order valence-electron chi connectivity index (χ1n) is 7.68. The van der Waals surface area contributed by atoms with Gasteiger partial charge in [0.1, 0.15) is 0 Å². The Balaban J connectivity index is 1.68. The first-order valence-corrected chi connectivity index (χ1v) is 9.49. The smallest absolute Gasteiger partial charge is 0.287 e. The molecular formula is C16H17ClN2O5S. The highest BCUT2D eigenvalue weighted by Gasteiger charge is 2.30. The lowest BCUT2D eigenvalue weighted by molar-refractivity contribution is 0.0722. The van der Waals surface area contributed by atoms with Crippen LogP contribution in [0.5, 0.6) is 0 Å². The average molecular weight is 385 g/mol. The third-order valence-corrected chi connectivity index (χ3v) is 5.91. The number of sulfonamides is 1. The second-order valence-electron chi connectivity index (χ2n) is 5.41. The molecule has 1 saturated heterocycles. The summed E-state index contributed by atoms with van der Waals surface area (Å²) in [7, 11) is -3.76. The fourth-order valence-corrected chi connectivity index (χ4v) is 3.92.